The summed E-state index contributed by atoms with van der Waals surface area (Å²) in [5, 5.41) is 17.1. The van der Waals surface area contributed by atoms with Gasteiger partial charge in [-0.25, -0.2) is 9.59 Å². The number of aromatic carboxylic acids is 2. The van der Waals surface area contributed by atoms with Crippen LogP contribution in [-0.2, 0) is 0 Å². The van der Waals surface area contributed by atoms with E-state index in [2.05, 4.69) is 9.68 Å². The van der Waals surface area contributed by atoms with E-state index in [-0.39, 0.29) is 22.6 Å². The van der Waals surface area contributed by atoms with E-state index in [1.54, 1.807) is 24.3 Å². The van der Waals surface area contributed by atoms with E-state index in [4.69, 9.17) is 22.0 Å². The van der Waals surface area contributed by atoms with Crippen molar-refractivity contribution in [2.45, 2.75) is 0 Å². The summed E-state index contributed by atoms with van der Waals surface area (Å²) in [5.74, 6) is 7.88. The van der Waals surface area contributed by atoms with Crippen molar-refractivity contribution in [3.8, 4) is 11.5 Å². The number of carbonyl (C=O) groups is 2. The lowest BCUT2D eigenvalue weighted by Gasteiger charge is -2.00. The first-order valence-corrected chi connectivity index (χ1v) is 5.89. The smallest absolute Gasteiger partial charge is 0.339 e. The van der Waals surface area contributed by atoms with Crippen LogP contribution in [0, 0.1) is 0 Å². The number of benzene rings is 2. The van der Waals surface area contributed by atoms with E-state index in [9.17, 15) is 9.59 Å². The third kappa shape index (κ3) is 4.47. The summed E-state index contributed by atoms with van der Waals surface area (Å²) in [5.41, 5.74) is 0.130. The van der Waals surface area contributed by atoms with Gasteiger partial charge >= 0.3 is 11.9 Å². The van der Waals surface area contributed by atoms with Crippen LogP contribution in [-0.4, -0.2) is 22.2 Å². The number of carboxylic acids is 2. The summed E-state index contributed by atoms with van der Waals surface area (Å²) < 4.78 is 0. The molecule has 8 heteroatoms. The van der Waals surface area contributed by atoms with Crippen LogP contribution >= 0.6 is 0 Å². The molecule has 2 rings (SSSR count). The predicted molar refractivity (Wildman–Crippen MR) is 76.4 cm³/mol. The maximum atomic E-state index is 10.4. The minimum atomic E-state index is -1.05. The highest BCUT2D eigenvalue weighted by atomic mass is 16.6. The average Bonchev–Trinajstić information content (AvgIpc) is 2.55. The van der Waals surface area contributed by atoms with Crippen molar-refractivity contribution in [2.24, 2.45) is 11.8 Å². The normalized spacial score (nSPS) is 9.18. The first kappa shape index (κ1) is 17.0. The molecule has 0 aliphatic heterocycles. The summed E-state index contributed by atoms with van der Waals surface area (Å²) in [6.07, 6.45) is 0. The Bertz CT molecular complexity index is 602. The van der Waals surface area contributed by atoms with Gasteiger partial charge in [0.15, 0.2) is 11.5 Å². The van der Waals surface area contributed by atoms with Crippen LogP contribution in [0.1, 0.15) is 20.7 Å². The Hall–Kier alpha value is -3.10. The van der Waals surface area contributed by atoms with E-state index >= 15 is 0 Å². The van der Waals surface area contributed by atoms with Gasteiger partial charge in [0.1, 0.15) is 11.1 Å². The lowest BCUT2D eigenvalue weighted by molar-refractivity contribution is 0.0681. The molecule has 2 aromatic rings. The number of carboxylic acid groups (broad SMARTS) is 2. The molecule has 0 aromatic heterocycles. The molecule has 6 N–H and O–H groups in total. The molecule has 8 nitrogen and oxygen atoms in total. The zero-order valence-corrected chi connectivity index (χ0v) is 11.3. The molecule has 0 atom stereocenters. The summed E-state index contributed by atoms with van der Waals surface area (Å²) in [4.78, 5) is 29.5. The maximum absolute atomic E-state index is 10.4. The van der Waals surface area contributed by atoms with Crippen LogP contribution in [0.25, 0.3) is 0 Å². The summed E-state index contributed by atoms with van der Waals surface area (Å²) >= 11 is 0. The topological polar surface area (TPSA) is 145 Å². The van der Waals surface area contributed by atoms with Gasteiger partial charge in [-0.1, -0.05) is 24.3 Å². The fourth-order valence-electron chi connectivity index (χ4n) is 1.49. The van der Waals surface area contributed by atoms with Crippen molar-refractivity contribution in [1.29, 1.82) is 0 Å². The molecule has 0 amide bonds. The third-order valence-electron chi connectivity index (χ3n) is 2.49. The molecular weight excluding hydrogens is 292 g/mol. The molecule has 116 valence electrons. The lowest BCUT2D eigenvalue weighted by atomic mass is 10.2. The molecule has 0 radical (unpaired) electrons. The molecule has 0 aliphatic carbocycles. The highest BCUT2D eigenvalue weighted by Crippen LogP contribution is 2.16. The zero-order valence-electron chi connectivity index (χ0n) is 11.3. The summed E-state index contributed by atoms with van der Waals surface area (Å²) in [7, 11) is 0. The molecule has 0 unspecified atom stereocenters. The van der Waals surface area contributed by atoms with Crippen LogP contribution < -0.4 is 21.5 Å². The van der Waals surface area contributed by atoms with Crippen molar-refractivity contribution in [3.05, 3.63) is 59.7 Å². The van der Waals surface area contributed by atoms with Crippen LogP contribution in [0.3, 0.4) is 0 Å². The molecule has 0 fully saturated rings. The van der Waals surface area contributed by atoms with Gasteiger partial charge in [0.2, 0.25) is 0 Å². The summed E-state index contributed by atoms with van der Waals surface area (Å²) in [6.45, 7) is 0. The Morgan fingerprint density at radius 3 is 1.27 bits per heavy atom. The maximum Gasteiger partial charge on any atom is 0.339 e. The van der Waals surface area contributed by atoms with Crippen molar-refractivity contribution >= 4 is 11.9 Å². The molecule has 22 heavy (non-hydrogen) atoms. The molecule has 0 saturated carbocycles. The van der Waals surface area contributed by atoms with Gasteiger partial charge in [0, 0.05) is 0 Å². The second-order valence-corrected chi connectivity index (χ2v) is 3.84. The Balaban J connectivity index is 0.000000220. The van der Waals surface area contributed by atoms with Gasteiger partial charge in [0.25, 0.3) is 0 Å². The van der Waals surface area contributed by atoms with E-state index < -0.39 is 11.9 Å². The standard InChI is InChI=1S/2C7H7NO3/c2*8-11-6-4-2-1-3-5(6)7(9)10/h2*1-4H,8H2,(H,9,10). The Labute approximate surface area is 125 Å². The summed E-state index contributed by atoms with van der Waals surface area (Å²) in [6, 6.07) is 12.3. The molecule has 0 aliphatic rings. The van der Waals surface area contributed by atoms with Gasteiger partial charge in [-0.3, -0.25) is 0 Å². The van der Waals surface area contributed by atoms with Crippen molar-refractivity contribution in [2.75, 3.05) is 0 Å². The molecule has 0 bridgehead atoms. The molecular formula is C14H14N2O6. The number of hydrogen-bond donors (Lipinski definition) is 4. The largest absolute Gasteiger partial charge is 0.478 e. The third-order valence-corrected chi connectivity index (χ3v) is 2.49. The minimum absolute atomic E-state index is 0.0648. The Kier molecular flexibility index (Phi) is 6.35. The van der Waals surface area contributed by atoms with Crippen LogP contribution in [0.5, 0.6) is 11.5 Å². The van der Waals surface area contributed by atoms with Gasteiger partial charge in [-0.2, -0.15) is 11.8 Å². The predicted octanol–water partition coefficient (Wildman–Crippen LogP) is 1.27. The number of hydrogen-bond acceptors (Lipinski definition) is 6. The SMILES string of the molecule is NOc1ccccc1C(=O)O.NOc1ccccc1C(=O)O. The first-order valence-electron chi connectivity index (χ1n) is 5.89. The van der Waals surface area contributed by atoms with Crippen LogP contribution in [0.4, 0.5) is 0 Å². The quantitative estimate of drug-likeness (QED) is 0.618. The van der Waals surface area contributed by atoms with Gasteiger partial charge in [-0.05, 0) is 24.3 Å². The fraction of sp³-hybridized carbons (Fsp3) is 0. The van der Waals surface area contributed by atoms with Crippen LogP contribution in [0.2, 0.25) is 0 Å². The number of nitrogens with two attached hydrogens (primary N) is 2. The van der Waals surface area contributed by atoms with E-state index in [0.717, 1.165) is 0 Å². The fourth-order valence-corrected chi connectivity index (χ4v) is 1.49. The zero-order chi connectivity index (χ0) is 16.5. The van der Waals surface area contributed by atoms with Crippen molar-refractivity contribution in [1.82, 2.24) is 0 Å². The molecule has 0 spiro atoms. The number of para-hydroxylation sites is 2. The van der Waals surface area contributed by atoms with Gasteiger partial charge in [-0.15, -0.1) is 0 Å². The first-order chi connectivity index (χ1) is 10.5. The Morgan fingerprint density at radius 2 is 1.05 bits per heavy atom. The second-order valence-electron chi connectivity index (χ2n) is 3.84. The molecule has 0 heterocycles. The molecule has 2 aromatic carbocycles. The van der Waals surface area contributed by atoms with Crippen LogP contribution in [0.15, 0.2) is 48.5 Å². The average molecular weight is 306 g/mol. The minimum Gasteiger partial charge on any atom is -0.478 e. The highest BCUT2D eigenvalue weighted by molar-refractivity contribution is 5.91. The second kappa shape index (κ2) is 8.25. The highest BCUT2D eigenvalue weighted by Gasteiger charge is 2.09. The van der Waals surface area contributed by atoms with Gasteiger partial charge < -0.3 is 19.9 Å². The van der Waals surface area contributed by atoms with Crippen molar-refractivity contribution in [3.63, 3.8) is 0 Å². The monoisotopic (exact) mass is 306 g/mol. The van der Waals surface area contributed by atoms with E-state index in [1.165, 1.54) is 24.3 Å². The van der Waals surface area contributed by atoms with E-state index in [1.807, 2.05) is 0 Å². The van der Waals surface area contributed by atoms with E-state index in [0.29, 0.717) is 0 Å². The lowest BCUT2D eigenvalue weighted by Crippen LogP contribution is -2.07. The van der Waals surface area contributed by atoms with Crippen molar-refractivity contribution < 1.29 is 29.5 Å². The Morgan fingerprint density at radius 1 is 0.727 bits per heavy atom. The number of rotatable bonds is 4. The van der Waals surface area contributed by atoms with Gasteiger partial charge in [0.05, 0.1) is 0 Å². The molecule has 0 saturated heterocycles.